The van der Waals surface area contributed by atoms with Gasteiger partial charge in [0, 0.05) is 12.1 Å². The van der Waals surface area contributed by atoms with Crippen LogP contribution in [0.5, 0.6) is 17.2 Å². The van der Waals surface area contributed by atoms with Gasteiger partial charge in [-0.1, -0.05) is 35.8 Å². The normalized spacial score (nSPS) is 10.7. The third-order valence-corrected chi connectivity index (χ3v) is 2.90. The van der Waals surface area contributed by atoms with E-state index in [1.54, 1.807) is 30.3 Å². The van der Waals surface area contributed by atoms with Crippen LogP contribution in [0.3, 0.4) is 0 Å². The first-order chi connectivity index (χ1) is 10.0. The van der Waals surface area contributed by atoms with Crippen LogP contribution in [0.1, 0.15) is 15.9 Å². The van der Waals surface area contributed by atoms with E-state index in [4.69, 9.17) is 12.6 Å². The molecule has 0 bridgehead atoms. The standard InChI is InChI=1S/C16H13BO4/c1-21-15-9-12(18)8-14(20)16(15)13(19)7-4-10-2-5-11(17)6-3-10/h2-9,18,20H,1H3/b7-4+. The Morgan fingerprint density at radius 2 is 1.86 bits per heavy atom. The molecule has 0 aliphatic carbocycles. The highest BCUT2D eigenvalue weighted by Crippen LogP contribution is 2.33. The summed E-state index contributed by atoms with van der Waals surface area (Å²) in [4.78, 5) is 12.2. The summed E-state index contributed by atoms with van der Waals surface area (Å²) in [6.45, 7) is 0. The first kappa shape index (κ1) is 14.7. The van der Waals surface area contributed by atoms with Crippen LogP contribution in [0.4, 0.5) is 0 Å². The van der Waals surface area contributed by atoms with Crippen LogP contribution in [0, 0.1) is 0 Å². The number of hydrogen-bond donors (Lipinski definition) is 2. The van der Waals surface area contributed by atoms with Crippen LogP contribution in [0.2, 0.25) is 0 Å². The molecule has 0 spiro atoms. The minimum Gasteiger partial charge on any atom is -0.508 e. The Labute approximate surface area is 123 Å². The SMILES string of the molecule is [B]c1ccc(/C=C/C(=O)c2c(O)cc(O)cc2OC)cc1. The fraction of sp³-hybridized carbons (Fsp3) is 0.0625. The zero-order valence-electron chi connectivity index (χ0n) is 11.4. The molecule has 0 fully saturated rings. The molecule has 5 heteroatoms. The molecule has 0 amide bonds. The molecule has 2 aromatic carbocycles. The Hall–Kier alpha value is -2.69. The Kier molecular flexibility index (Phi) is 4.33. The average molecular weight is 280 g/mol. The molecule has 0 saturated carbocycles. The van der Waals surface area contributed by atoms with Crippen molar-refractivity contribution in [2.24, 2.45) is 0 Å². The molecule has 0 atom stereocenters. The molecule has 21 heavy (non-hydrogen) atoms. The number of benzene rings is 2. The van der Waals surface area contributed by atoms with Gasteiger partial charge >= 0.3 is 0 Å². The maximum Gasteiger partial charge on any atom is 0.193 e. The van der Waals surface area contributed by atoms with Crippen molar-refractivity contribution in [3.05, 3.63) is 53.6 Å². The highest BCUT2D eigenvalue weighted by atomic mass is 16.5. The van der Waals surface area contributed by atoms with Crippen molar-refractivity contribution in [1.29, 1.82) is 0 Å². The number of ether oxygens (including phenoxy) is 1. The number of carbonyl (C=O) groups excluding carboxylic acids is 1. The van der Waals surface area contributed by atoms with Gasteiger partial charge in [0.25, 0.3) is 0 Å². The first-order valence-corrected chi connectivity index (χ1v) is 6.19. The van der Waals surface area contributed by atoms with Gasteiger partial charge < -0.3 is 14.9 Å². The number of phenols is 2. The lowest BCUT2D eigenvalue weighted by Crippen LogP contribution is -2.00. The molecule has 0 saturated heterocycles. The van der Waals surface area contributed by atoms with E-state index < -0.39 is 5.78 Å². The molecule has 2 radical (unpaired) electrons. The second kappa shape index (κ2) is 6.18. The van der Waals surface area contributed by atoms with Crippen molar-refractivity contribution in [1.82, 2.24) is 0 Å². The van der Waals surface area contributed by atoms with E-state index in [1.807, 2.05) is 0 Å². The van der Waals surface area contributed by atoms with Crippen molar-refractivity contribution in [2.45, 2.75) is 0 Å². The lowest BCUT2D eigenvalue weighted by molar-refractivity contribution is 0.104. The number of ketones is 1. The van der Waals surface area contributed by atoms with Gasteiger partial charge in [0.15, 0.2) is 5.78 Å². The number of carbonyl (C=O) groups is 1. The van der Waals surface area contributed by atoms with Crippen molar-refractivity contribution < 1.29 is 19.7 Å². The quantitative estimate of drug-likeness (QED) is 0.509. The van der Waals surface area contributed by atoms with Gasteiger partial charge in [0.05, 0.1) is 7.11 Å². The topological polar surface area (TPSA) is 66.8 Å². The minimum absolute atomic E-state index is 0.00185. The number of rotatable bonds is 4. The van der Waals surface area contributed by atoms with Crippen LogP contribution < -0.4 is 10.2 Å². The summed E-state index contributed by atoms with van der Waals surface area (Å²) in [5, 5.41) is 19.2. The van der Waals surface area contributed by atoms with Crippen LogP contribution in [0.15, 0.2) is 42.5 Å². The van der Waals surface area contributed by atoms with E-state index in [0.717, 1.165) is 11.6 Å². The zero-order chi connectivity index (χ0) is 15.4. The number of phenolic OH excluding ortho intramolecular Hbond substituents is 2. The second-order valence-corrected chi connectivity index (χ2v) is 4.41. The largest absolute Gasteiger partial charge is 0.508 e. The molecule has 104 valence electrons. The Morgan fingerprint density at radius 3 is 2.48 bits per heavy atom. The molecule has 0 heterocycles. The summed E-state index contributed by atoms with van der Waals surface area (Å²) < 4.78 is 5.00. The van der Waals surface area contributed by atoms with E-state index in [0.29, 0.717) is 5.46 Å². The molecular formula is C16H13BO4. The minimum atomic E-state index is -0.429. The lowest BCUT2D eigenvalue weighted by Gasteiger charge is -2.08. The van der Waals surface area contributed by atoms with Crippen LogP contribution in [-0.2, 0) is 0 Å². The van der Waals surface area contributed by atoms with Gasteiger partial charge in [-0.15, -0.1) is 0 Å². The van der Waals surface area contributed by atoms with Gasteiger partial charge in [0.1, 0.15) is 30.7 Å². The Morgan fingerprint density at radius 1 is 1.19 bits per heavy atom. The Balaban J connectivity index is 2.30. The lowest BCUT2D eigenvalue weighted by atomic mass is 9.95. The number of hydrogen-bond acceptors (Lipinski definition) is 4. The average Bonchev–Trinajstić information content (AvgIpc) is 2.45. The van der Waals surface area contributed by atoms with Gasteiger partial charge in [-0.05, 0) is 11.6 Å². The summed E-state index contributed by atoms with van der Waals surface area (Å²) in [7, 11) is 6.94. The number of allylic oxidation sites excluding steroid dienone is 1. The highest BCUT2D eigenvalue weighted by molar-refractivity contribution is 6.32. The molecule has 4 nitrogen and oxygen atoms in total. The zero-order valence-corrected chi connectivity index (χ0v) is 11.4. The third kappa shape index (κ3) is 3.45. The van der Waals surface area contributed by atoms with E-state index in [-0.39, 0.29) is 22.8 Å². The Bertz CT molecular complexity index is 690. The van der Waals surface area contributed by atoms with E-state index in [2.05, 4.69) is 0 Å². The predicted octanol–water partition coefficient (Wildman–Crippen LogP) is 1.80. The highest BCUT2D eigenvalue weighted by Gasteiger charge is 2.16. The number of aromatic hydroxyl groups is 2. The van der Waals surface area contributed by atoms with Crippen LogP contribution in [-0.4, -0.2) is 31.0 Å². The first-order valence-electron chi connectivity index (χ1n) is 6.19. The third-order valence-electron chi connectivity index (χ3n) is 2.90. The van der Waals surface area contributed by atoms with Gasteiger partial charge in [-0.25, -0.2) is 0 Å². The van der Waals surface area contributed by atoms with Gasteiger partial charge in [-0.3, -0.25) is 4.79 Å². The van der Waals surface area contributed by atoms with Gasteiger partial charge in [-0.2, -0.15) is 0 Å². The summed E-state index contributed by atoms with van der Waals surface area (Å²) in [5.74, 6) is -0.831. The number of methoxy groups -OCH3 is 1. The van der Waals surface area contributed by atoms with Crippen molar-refractivity contribution >= 4 is 25.2 Å². The van der Waals surface area contributed by atoms with Crippen molar-refractivity contribution in [3.8, 4) is 17.2 Å². The molecule has 2 rings (SSSR count). The van der Waals surface area contributed by atoms with Crippen LogP contribution in [0.25, 0.3) is 6.08 Å². The monoisotopic (exact) mass is 280 g/mol. The molecule has 0 aliphatic heterocycles. The maximum atomic E-state index is 12.2. The molecular weight excluding hydrogens is 267 g/mol. The second-order valence-electron chi connectivity index (χ2n) is 4.41. The maximum absolute atomic E-state index is 12.2. The van der Waals surface area contributed by atoms with E-state index >= 15 is 0 Å². The van der Waals surface area contributed by atoms with Crippen molar-refractivity contribution in [3.63, 3.8) is 0 Å². The molecule has 2 aromatic rings. The molecule has 0 aliphatic rings. The summed E-state index contributed by atoms with van der Waals surface area (Å²) in [6, 6.07) is 9.35. The summed E-state index contributed by atoms with van der Waals surface area (Å²) in [6.07, 6.45) is 2.92. The molecule has 0 aromatic heterocycles. The van der Waals surface area contributed by atoms with Crippen LogP contribution >= 0.6 is 0 Å². The summed E-state index contributed by atoms with van der Waals surface area (Å²) >= 11 is 0. The fourth-order valence-electron chi connectivity index (χ4n) is 1.86. The van der Waals surface area contributed by atoms with Crippen molar-refractivity contribution in [2.75, 3.05) is 7.11 Å². The van der Waals surface area contributed by atoms with E-state index in [1.165, 1.54) is 19.3 Å². The van der Waals surface area contributed by atoms with E-state index in [9.17, 15) is 15.0 Å². The summed E-state index contributed by atoms with van der Waals surface area (Å²) in [5.41, 5.74) is 1.44. The molecule has 0 unspecified atom stereocenters. The fourth-order valence-corrected chi connectivity index (χ4v) is 1.86. The smallest absolute Gasteiger partial charge is 0.193 e. The predicted molar refractivity (Wildman–Crippen MR) is 81.5 cm³/mol. The van der Waals surface area contributed by atoms with Gasteiger partial charge in [0.2, 0.25) is 0 Å². The molecule has 2 N–H and O–H groups in total.